The molecule has 1 rings (SSSR count). The van der Waals surface area contributed by atoms with Crippen molar-refractivity contribution in [2.45, 2.75) is 11.7 Å². The quantitative estimate of drug-likeness (QED) is 0.567. The minimum absolute atomic E-state index is 0.405. The zero-order chi connectivity index (χ0) is 13.9. The van der Waals surface area contributed by atoms with E-state index < -0.39 is 59.3 Å². The summed E-state index contributed by atoms with van der Waals surface area (Å²) in [7, 11) is -4.82. The van der Waals surface area contributed by atoms with Gasteiger partial charge in [-0.05, 0) is 0 Å². The standard InChI is InChI=1S/C8H11FN2O6S/c9-18(16,17)5-1-7(13)11(3-5)4-6(12)10-2-8(14)15/h5H,1-4H2,(H,10,12)(H,14,15). The molecule has 8 nitrogen and oxygen atoms in total. The summed E-state index contributed by atoms with van der Waals surface area (Å²) in [4.78, 5) is 33.5. The maximum atomic E-state index is 12.6. The third-order valence-electron chi connectivity index (χ3n) is 2.35. The van der Waals surface area contributed by atoms with E-state index in [9.17, 15) is 26.7 Å². The molecule has 1 aliphatic rings. The lowest BCUT2D eigenvalue weighted by molar-refractivity contribution is -0.138. The van der Waals surface area contributed by atoms with Crippen molar-refractivity contribution in [3.05, 3.63) is 0 Å². The van der Waals surface area contributed by atoms with Crippen LogP contribution in [-0.2, 0) is 24.6 Å². The van der Waals surface area contributed by atoms with E-state index in [4.69, 9.17) is 5.11 Å². The minimum atomic E-state index is -4.82. The van der Waals surface area contributed by atoms with E-state index in [2.05, 4.69) is 0 Å². The Morgan fingerprint density at radius 2 is 2.11 bits per heavy atom. The van der Waals surface area contributed by atoms with Crippen LogP contribution in [0.2, 0.25) is 0 Å². The van der Waals surface area contributed by atoms with Crippen molar-refractivity contribution in [1.82, 2.24) is 10.2 Å². The van der Waals surface area contributed by atoms with E-state index in [0.717, 1.165) is 4.90 Å². The summed E-state index contributed by atoms with van der Waals surface area (Å²) in [6.07, 6.45) is -0.509. The molecule has 0 aromatic rings. The van der Waals surface area contributed by atoms with Crippen molar-refractivity contribution in [2.24, 2.45) is 0 Å². The van der Waals surface area contributed by atoms with E-state index >= 15 is 0 Å². The summed E-state index contributed by atoms with van der Waals surface area (Å²) in [6.45, 7) is -1.50. The van der Waals surface area contributed by atoms with Crippen LogP contribution >= 0.6 is 0 Å². The fourth-order valence-electron chi connectivity index (χ4n) is 1.48. The molecule has 102 valence electrons. The fourth-order valence-corrected chi connectivity index (χ4v) is 2.18. The van der Waals surface area contributed by atoms with Crippen molar-refractivity contribution in [3.8, 4) is 0 Å². The zero-order valence-electron chi connectivity index (χ0n) is 9.13. The van der Waals surface area contributed by atoms with Gasteiger partial charge in [0.25, 0.3) is 0 Å². The second kappa shape index (κ2) is 5.29. The molecule has 0 aliphatic carbocycles. The predicted molar refractivity (Wildman–Crippen MR) is 55.7 cm³/mol. The molecule has 1 aliphatic heterocycles. The van der Waals surface area contributed by atoms with Crippen LogP contribution in [0.5, 0.6) is 0 Å². The van der Waals surface area contributed by atoms with Crippen molar-refractivity contribution in [2.75, 3.05) is 19.6 Å². The number of rotatable bonds is 5. The van der Waals surface area contributed by atoms with Gasteiger partial charge in [0.1, 0.15) is 11.8 Å². The maximum Gasteiger partial charge on any atom is 0.322 e. The van der Waals surface area contributed by atoms with Gasteiger partial charge in [-0.2, -0.15) is 8.42 Å². The van der Waals surface area contributed by atoms with Gasteiger partial charge in [-0.15, -0.1) is 3.89 Å². The van der Waals surface area contributed by atoms with Gasteiger partial charge in [-0.1, -0.05) is 0 Å². The normalized spacial score (nSPS) is 19.9. The average molecular weight is 282 g/mol. The van der Waals surface area contributed by atoms with Gasteiger partial charge in [0.05, 0.1) is 6.54 Å². The molecule has 0 saturated carbocycles. The SMILES string of the molecule is O=C(O)CNC(=O)CN1CC(S(=O)(=O)F)CC1=O. The number of carbonyl (C=O) groups excluding carboxylic acids is 2. The van der Waals surface area contributed by atoms with E-state index in [-0.39, 0.29) is 0 Å². The average Bonchev–Trinajstić information content (AvgIpc) is 2.57. The van der Waals surface area contributed by atoms with Gasteiger partial charge in [-0.25, -0.2) is 0 Å². The zero-order valence-corrected chi connectivity index (χ0v) is 9.94. The number of carbonyl (C=O) groups is 3. The second-order valence-corrected chi connectivity index (χ2v) is 5.36. The molecule has 1 heterocycles. The lowest BCUT2D eigenvalue weighted by Crippen LogP contribution is -2.40. The Labute approximate surface area is 102 Å². The van der Waals surface area contributed by atoms with Crippen LogP contribution in [0.1, 0.15) is 6.42 Å². The summed E-state index contributed by atoms with van der Waals surface area (Å²) in [5.41, 5.74) is 0. The topological polar surface area (TPSA) is 121 Å². The molecular weight excluding hydrogens is 271 g/mol. The van der Waals surface area contributed by atoms with E-state index in [1.165, 1.54) is 0 Å². The van der Waals surface area contributed by atoms with Crippen LogP contribution < -0.4 is 5.32 Å². The number of nitrogens with zero attached hydrogens (tertiary/aromatic N) is 1. The number of hydrogen-bond donors (Lipinski definition) is 2. The van der Waals surface area contributed by atoms with Crippen LogP contribution in [0.4, 0.5) is 3.89 Å². The number of carboxylic acids is 1. The molecule has 0 bridgehead atoms. The number of nitrogens with one attached hydrogen (secondary N) is 1. The maximum absolute atomic E-state index is 12.6. The van der Waals surface area contributed by atoms with Crippen LogP contribution in [0, 0.1) is 0 Å². The molecule has 0 aromatic heterocycles. The Hall–Kier alpha value is -1.71. The lowest BCUT2D eigenvalue weighted by atomic mass is 10.4. The molecule has 10 heteroatoms. The highest BCUT2D eigenvalue weighted by Crippen LogP contribution is 2.19. The molecule has 2 amide bonds. The van der Waals surface area contributed by atoms with E-state index in [1.54, 1.807) is 0 Å². The van der Waals surface area contributed by atoms with Gasteiger partial charge in [0.15, 0.2) is 0 Å². The molecule has 0 spiro atoms. The van der Waals surface area contributed by atoms with Crippen LogP contribution in [0.25, 0.3) is 0 Å². The van der Waals surface area contributed by atoms with Gasteiger partial charge in [-0.3, -0.25) is 14.4 Å². The monoisotopic (exact) mass is 282 g/mol. The Morgan fingerprint density at radius 3 is 2.56 bits per heavy atom. The first-order chi connectivity index (χ1) is 8.20. The van der Waals surface area contributed by atoms with Crippen molar-refractivity contribution < 1.29 is 31.8 Å². The smallest absolute Gasteiger partial charge is 0.322 e. The Bertz CT molecular complexity index is 476. The van der Waals surface area contributed by atoms with Crippen molar-refractivity contribution >= 4 is 28.0 Å². The highest BCUT2D eigenvalue weighted by molar-refractivity contribution is 7.87. The summed E-state index contributed by atoms with van der Waals surface area (Å²) in [5, 5.41) is 8.85. The Balaban J connectivity index is 2.52. The van der Waals surface area contributed by atoms with Gasteiger partial charge < -0.3 is 15.3 Å². The number of carboxylic acid groups (broad SMARTS) is 1. The van der Waals surface area contributed by atoms with E-state index in [1.807, 2.05) is 5.32 Å². The Kier molecular flexibility index (Phi) is 4.22. The molecule has 1 atom stereocenters. The number of amides is 2. The number of hydrogen-bond acceptors (Lipinski definition) is 5. The highest BCUT2D eigenvalue weighted by atomic mass is 32.3. The molecular formula is C8H11FN2O6S. The molecule has 0 aromatic carbocycles. The van der Waals surface area contributed by atoms with E-state index in [0.29, 0.717) is 0 Å². The third kappa shape index (κ3) is 3.95. The van der Waals surface area contributed by atoms with Crippen LogP contribution in [-0.4, -0.2) is 61.1 Å². The van der Waals surface area contributed by atoms with Gasteiger partial charge in [0.2, 0.25) is 11.8 Å². The molecule has 18 heavy (non-hydrogen) atoms. The largest absolute Gasteiger partial charge is 0.480 e. The molecule has 2 N–H and O–H groups in total. The number of likely N-dealkylation sites (tertiary alicyclic amines) is 1. The first kappa shape index (κ1) is 14.4. The number of aliphatic carboxylic acids is 1. The summed E-state index contributed by atoms with van der Waals surface area (Å²) in [5.74, 6) is -2.66. The van der Waals surface area contributed by atoms with Crippen LogP contribution in [0.15, 0.2) is 0 Å². The molecule has 0 radical (unpaired) electrons. The highest BCUT2D eigenvalue weighted by Gasteiger charge is 2.38. The molecule has 1 saturated heterocycles. The lowest BCUT2D eigenvalue weighted by Gasteiger charge is -2.14. The van der Waals surface area contributed by atoms with Crippen LogP contribution in [0.3, 0.4) is 0 Å². The predicted octanol–water partition coefficient (Wildman–Crippen LogP) is -1.91. The Morgan fingerprint density at radius 1 is 1.50 bits per heavy atom. The van der Waals surface area contributed by atoms with Crippen molar-refractivity contribution in [1.29, 1.82) is 0 Å². The first-order valence-electron chi connectivity index (χ1n) is 4.90. The minimum Gasteiger partial charge on any atom is -0.480 e. The summed E-state index contributed by atoms with van der Waals surface area (Å²) < 4.78 is 33.9. The van der Waals surface area contributed by atoms with Gasteiger partial charge in [0, 0.05) is 13.0 Å². The summed E-state index contributed by atoms with van der Waals surface area (Å²) >= 11 is 0. The van der Waals surface area contributed by atoms with Crippen molar-refractivity contribution in [3.63, 3.8) is 0 Å². The molecule has 1 unspecified atom stereocenters. The fraction of sp³-hybridized carbons (Fsp3) is 0.625. The number of halogens is 1. The second-order valence-electron chi connectivity index (χ2n) is 3.75. The van der Waals surface area contributed by atoms with Gasteiger partial charge >= 0.3 is 16.2 Å². The molecule has 1 fully saturated rings. The third-order valence-corrected chi connectivity index (χ3v) is 3.46. The first-order valence-corrected chi connectivity index (χ1v) is 6.34. The summed E-state index contributed by atoms with van der Waals surface area (Å²) in [6, 6.07) is 0.